The summed E-state index contributed by atoms with van der Waals surface area (Å²) in [5, 5.41) is 5.06. The van der Waals surface area contributed by atoms with E-state index in [1.54, 1.807) is 12.1 Å². The third-order valence-electron chi connectivity index (χ3n) is 3.82. The van der Waals surface area contributed by atoms with E-state index in [9.17, 15) is 0 Å². The van der Waals surface area contributed by atoms with Crippen LogP contribution in [0.1, 0.15) is 11.1 Å². The molecule has 0 atom stereocenters. The van der Waals surface area contributed by atoms with Crippen molar-refractivity contribution in [3.8, 4) is 5.75 Å². The van der Waals surface area contributed by atoms with Crippen molar-refractivity contribution < 1.29 is 4.74 Å². The number of benzene rings is 3. The van der Waals surface area contributed by atoms with Gasteiger partial charge in [-0.1, -0.05) is 68.9 Å². The Hall–Kier alpha value is -0.910. The fourth-order valence-corrected chi connectivity index (χ4v) is 4.39. The Morgan fingerprint density at radius 3 is 2.33 bits per heavy atom. The van der Waals surface area contributed by atoms with E-state index in [4.69, 9.17) is 39.5 Å². The quantitative estimate of drug-likeness (QED) is 0.333. The van der Waals surface area contributed by atoms with E-state index in [1.807, 2.05) is 42.5 Å². The van der Waals surface area contributed by atoms with Gasteiger partial charge in [0.25, 0.3) is 0 Å². The van der Waals surface area contributed by atoms with Crippen molar-refractivity contribution in [1.29, 1.82) is 0 Å². The lowest BCUT2D eigenvalue weighted by molar-refractivity contribution is 0.301. The highest BCUT2D eigenvalue weighted by molar-refractivity contribution is 9.11. The Morgan fingerprint density at radius 1 is 0.815 bits per heavy atom. The van der Waals surface area contributed by atoms with Gasteiger partial charge in [-0.3, -0.25) is 0 Å². The summed E-state index contributed by atoms with van der Waals surface area (Å²) in [6.45, 7) is 0.924. The first-order valence-electron chi connectivity index (χ1n) is 7.97. The average molecular weight is 551 g/mol. The second-order valence-electron chi connectivity index (χ2n) is 5.74. The van der Waals surface area contributed by atoms with Gasteiger partial charge in [0.1, 0.15) is 12.4 Å². The second-order valence-corrected chi connectivity index (χ2v) is 8.73. The van der Waals surface area contributed by atoms with Crippen LogP contribution in [0.3, 0.4) is 0 Å². The fourth-order valence-electron chi connectivity index (χ4n) is 2.48. The first kappa shape index (κ1) is 20.8. The minimum Gasteiger partial charge on any atom is -0.487 e. The molecule has 3 aromatic carbocycles. The number of hydrogen-bond donors (Lipinski definition) is 1. The van der Waals surface area contributed by atoms with E-state index in [0.717, 1.165) is 31.5 Å². The lowest BCUT2D eigenvalue weighted by atomic mass is 10.2. The van der Waals surface area contributed by atoms with Gasteiger partial charge in [-0.15, -0.1) is 0 Å². The van der Waals surface area contributed by atoms with Crippen molar-refractivity contribution in [3.63, 3.8) is 0 Å². The van der Waals surface area contributed by atoms with E-state index in [-0.39, 0.29) is 0 Å². The zero-order valence-corrected chi connectivity index (χ0v) is 19.3. The van der Waals surface area contributed by atoms with Gasteiger partial charge in [0.15, 0.2) is 0 Å². The molecule has 3 aromatic rings. The minimum atomic E-state index is 0.375. The van der Waals surface area contributed by atoms with Crippen molar-refractivity contribution in [3.05, 3.63) is 89.7 Å². The second kappa shape index (κ2) is 9.53. The van der Waals surface area contributed by atoms with Gasteiger partial charge < -0.3 is 10.1 Å². The zero-order valence-electron chi connectivity index (χ0n) is 13.9. The molecule has 0 aliphatic heterocycles. The first-order chi connectivity index (χ1) is 12.9. The summed E-state index contributed by atoms with van der Waals surface area (Å²) < 4.78 is 7.89. The molecule has 3 rings (SSSR count). The molecule has 7 heteroatoms. The van der Waals surface area contributed by atoms with E-state index >= 15 is 0 Å². The Labute approximate surface area is 190 Å². The van der Waals surface area contributed by atoms with Crippen molar-refractivity contribution in [1.82, 2.24) is 0 Å². The molecule has 0 unspecified atom stereocenters. The molecule has 0 spiro atoms. The number of ether oxygens (including phenoxy) is 1. The van der Waals surface area contributed by atoms with Gasteiger partial charge in [-0.2, -0.15) is 0 Å². The summed E-state index contributed by atoms with van der Waals surface area (Å²) in [6, 6.07) is 17.0. The highest BCUT2D eigenvalue weighted by atomic mass is 79.9. The van der Waals surface area contributed by atoms with Crippen LogP contribution in [0.25, 0.3) is 0 Å². The lowest BCUT2D eigenvalue weighted by Crippen LogP contribution is -2.05. The highest BCUT2D eigenvalue weighted by Crippen LogP contribution is 2.35. The van der Waals surface area contributed by atoms with Crippen LogP contribution in [0.15, 0.2) is 63.5 Å². The van der Waals surface area contributed by atoms with Crippen LogP contribution in [0.5, 0.6) is 5.75 Å². The summed E-state index contributed by atoms with van der Waals surface area (Å²) in [6.07, 6.45) is 0. The molecule has 2 nitrogen and oxygen atoms in total. The van der Waals surface area contributed by atoms with Crippen molar-refractivity contribution in [2.75, 3.05) is 5.32 Å². The molecule has 0 fully saturated rings. The van der Waals surface area contributed by atoms with Crippen molar-refractivity contribution >= 4 is 72.4 Å². The van der Waals surface area contributed by atoms with E-state index in [2.05, 4.69) is 37.2 Å². The van der Waals surface area contributed by atoms with Crippen LogP contribution in [0.4, 0.5) is 5.69 Å². The van der Waals surface area contributed by atoms with Crippen LogP contribution in [-0.2, 0) is 13.2 Å². The molecule has 0 amide bonds. The molecular weight excluding hydrogens is 536 g/mol. The molecule has 0 aliphatic carbocycles. The standard InChI is InChI=1S/C20H14Br2Cl3NO/c21-14-7-13(10-26-15-5-6-18(24)19(25)9-15)20(16(22)8-14)27-11-12-3-1-2-4-17(12)23/h1-9,26H,10-11H2. The summed E-state index contributed by atoms with van der Waals surface area (Å²) in [4.78, 5) is 0. The van der Waals surface area contributed by atoms with Gasteiger partial charge in [0.05, 0.1) is 14.5 Å². The highest BCUT2D eigenvalue weighted by Gasteiger charge is 2.12. The topological polar surface area (TPSA) is 21.3 Å². The van der Waals surface area contributed by atoms with Crippen LogP contribution in [0.2, 0.25) is 15.1 Å². The Morgan fingerprint density at radius 2 is 1.59 bits per heavy atom. The van der Waals surface area contributed by atoms with Crippen molar-refractivity contribution in [2.45, 2.75) is 13.2 Å². The fraction of sp³-hybridized carbons (Fsp3) is 0.100. The largest absolute Gasteiger partial charge is 0.487 e. The number of nitrogens with one attached hydrogen (secondary N) is 1. The zero-order chi connectivity index (χ0) is 19.4. The molecule has 0 saturated heterocycles. The Kier molecular flexibility index (Phi) is 7.35. The molecule has 0 radical (unpaired) electrons. The molecule has 0 aromatic heterocycles. The molecule has 0 bridgehead atoms. The summed E-state index contributed by atoms with van der Waals surface area (Å²) >= 11 is 25.4. The SMILES string of the molecule is Clc1ccc(NCc2cc(Br)cc(Br)c2OCc2ccccc2Cl)cc1Cl. The predicted molar refractivity (Wildman–Crippen MR) is 121 cm³/mol. The summed E-state index contributed by atoms with van der Waals surface area (Å²) in [7, 11) is 0. The smallest absolute Gasteiger partial charge is 0.139 e. The minimum absolute atomic E-state index is 0.375. The Balaban J connectivity index is 1.79. The first-order valence-corrected chi connectivity index (χ1v) is 10.7. The van der Waals surface area contributed by atoms with Gasteiger partial charge in [-0.05, 0) is 52.3 Å². The van der Waals surface area contributed by atoms with Crippen molar-refractivity contribution in [2.24, 2.45) is 0 Å². The number of anilines is 1. The average Bonchev–Trinajstić information content (AvgIpc) is 2.63. The molecule has 0 saturated carbocycles. The number of hydrogen-bond acceptors (Lipinski definition) is 2. The lowest BCUT2D eigenvalue weighted by Gasteiger charge is -2.16. The summed E-state index contributed by atoms with van der Waals surface area (Å²) in [5.41, 5.74) is 2.78. The van der Waals surface area contributed by atoms with Gasteiger partial charge in [0.2, 0.25) is 0 Å². The van der Waals surface area contributed by atoms with Crippen LogP contribution in [-0.4, -0.2) is 0 Å². The molecule has 27 heavy (non-hydrogen) atoms. The van der Waals surface area contributed by atoms with Crippen LogP contribution < -0.4 is 10.1 Å². The molecule has 140 valence electrons. The van der Waals surface area contributed by atoms with E-state index in [1.165, 1.54) is 0 Å². The number of rotatable bonds is 6. The maximum absolute atomic E-state index is 6.23. The maximum atomic E-state index is 6.23. The van der Waals surface area contributed by atoms with Gasteiger partial charge in [0, 0.05) is 32.9 Å². The Bertz CT molecular complexity index is 966. The van der Waals surface area contributed by atoms with Crippen LogP contribution in [0, 0.1) is 0 Å². The summed E-state index contributed by atoms with van der Waals surface area (Å²) in [5.74, 6) is 0.755. The van der Waals surface area contributed by atoms with Crippen LogP contribution >= 0.6 is 66.7 Å². The number of halogens is 5. The normalized spacial score (nSPS) is 10.7. The molecular formula is C20H14Br2Cl3NO. The molecule has 0 aliphatic rings. The third kappa shape index (κ3) is 5.55. The van der Waals surface area contributed by atoms with Gasteiger partial charge in [-0.25, -0.2) is 0 Å². The molecule has 0 heterocycles. The van der Waals surface area contributed by atoms with Gasteiger partial charge >= 0.3 is 0 Å². The van der Waals surface area contributed by atoms with E-state index in [0.29, 0.717) is 28.2 Å². The molecule has 1 N–H and O–H groups in total. The maximum Gasteiger partial charge on any atom is 0.139 e. The van der Waals surface area contributed by atoms with E-state index < -0.39 is 0 Å². The monoisotopic (exact) mass is 547 g/mol. The third-order valence-corrected chi connectivity index (χ3v) is 5.97. The predicted octanol–water partition coefficient (Wildman–Crippen LogP) is 8.36.